The van der Waals surface area contributed by atoms with Gasteiger partial charge in [-0.3, -0.25) is 0 Å². The summed E-state index contributed by atoms with van der Waals surface area (Å²) in [6.45, 7) is 3.43. The third kappa shape index (κ3) is 4.69. The number of hydrogen-bond donors (Lipinski definition) is 1. The zero-order chi connectivity index (χ0) is 12.9. The van der Waals surface area contributed by atoms with Gasteiger partial charge in [-0.15, -0.1) is 0 Å². The number of alkyl halides is 3. The number of hydrogen-bond acceptors (Lipinski definition) is 1. The SMILES string of the molecule is CCCCNC(=S)N1CCCC(C(F)(F)F)C1. The van der Waals surface area contributed by atoms with Crippen LogP contribution in [0.4, 0.5) is 13.2 Å². The summed E-state index contributed by atoms with van der Waals surface area (Å²) in [5.74, 6) is -1.23. The summed E-state index contributed by atoms with van der Waals surface area (Å²) in [4.78, 5) is 1.65. The van der Waals surface area contributed by atoms with Gasteiger partial charge in [-0.1, -0.05) is 13.3 Å². The molecule has 17 heavy (non-hydrogen) atoms. The molecule has 1 atom stereocenters. The fourth-order valence-corrected chi connectivity index (χ4v) is 2.18. The van der Waals surface area contributed by atoms with E-state index in [1.807, 2.05) is 0 Å². The molecule has 1 aliphatic rings. The van der Waals surface area contributed by atoms with Gasteiger partial charge in [0.2, 0.25) is 0 Å². The van der Waals surface area contributed by atoms with Crippen molar-refractivity contribution >= 4 is 17.3 Å². The molecule has 0 radical (unpaired) electrons. The highest BCUT2D eigenvalue weighted by Crippen LogP contribution is 2.33. The van der Waals surface area contributed by atoms with Gasteiger partial charge in [0.1, 0.15) is 0 Å². The fraction of sp³-hybridized carbons (Fsp3) is 0.909. The van der Waals surface area contributed by atoms with Crippen LogP contribution in [0.15, 0.2) is 0 Å². The third-order valence-electron chi connectivity index (χ3n) is 2.98. The number of nitrogens with zero attached hydrogens (tertiary/aromatic N) is 1. The summed E-state index contributed by atoms with van der Waals surface area (Å²) in [6, 6.07) is 0. The predicted octanol–water partition coefficient (Wildman–Crippen LogP) is 2.94. The molecular weight excluding hydrogens is 249 g/mol. The van der Waals surface area contributed by atoms with E-state index in [1.165, 1.54) is 0 Å². The molecule has 0 amide bonds. The van der Waals surface area contributed by atoms with Crippen LogP contribution in [0.1, 0.15) is 32.6 Å². The van der Waals surface area contributed by atoms with E-state index in [0.29, 0.717) is 18.1 Å². The third-order valence-corrected chi connectivity index (χ3v) is 3.38. The molecule has 0 aliphatic carbocycles. The number of nitrogens with one attached hydrogen (secondary N) is 1. The maximum atomic E-state index is 12.6. The monoisotopic (exact) mass is 268 g/mol. The summed E-state index contributed by atoms with van der Waals surface area (Å²) in [5, 5.41) is 3.48. The first-order chi connectivity index (χ1) is 7.95. The topological polar surface area (TPSA) is 15.3 Å². The summed E-state index contributed by atoms with van der Waals surface area (Å²) >= 11 is 5.11. The van der Waals surface area contributed by atoms with Crippen LogP contribution in [-0.4, -0.2) is 35.8 Å². The Bertz CT molecular complexity index is 256. The van der Waals surface area contributed by atoms with E-state index in [4.69, 9.17) is 12.2 Å². The van der Waals surface area contributed by atoms with Crippen LogP contribution in [0.5, 0.6) is 0 Å². The highest BCUT2D eigenvalue weighted by atomic mass is 32.1. The predicted molar refractivity (Wildman–Crippen MR) is 65.9 cm³/mol. The maximum Gasteiger partial charge on any atom is 0.393 e. The van der Waals surface area contributed by atoms with Crippen molar-refractivity contribution in [2.45, 2.75) is 38.8 Å². The van der Waals surface area contributed by atoms with Gasteiger partial charge in [-0.25, -0.2) is 0 Å². The van der Waals surface area contributed by atoms with E-state index in [0.717, 1.165) is 19.4 Å². The maximum absolute atomic E-state index is 12.6. The minimum atomic E-state index is -4.10. The Morgan fingerprint density at radius 3 is 2.76 bits per heavy atom. The van der Waals surface area contributed by atoms with E-state index in [-0.39, 0.29) is 13.0 Å². The standard InChI is InChI=1S/C11H19F3N2S/c1-2-3-6-15-10(17)16-7-4-5-9(8-16)11(12,13)14/h9H,2-8H2,1H3,(H,15,17). The molecule has 1 heterocycles. The smallest absolute Gasteiger partial charge is 0.363 e. The molecular formula is C11H19F3N2S. The normalized spacial score (nSPS) is 21.4. The van der Waals surface area contributed by atoms with Crippen molar-refractivity contribution in [2.75, 3.05) is 19.6 Å². The van der Waals surface area contributed by atoms with Crippen LogP contribution in [0.25, 0.3) is 0 Å². The Morgan fingerprint density at radius 1 is 1.47 bits per heavy atom. The first-order valence-electron chi connectivity index (χ1n) is 6.04. The lowest BCUT2D eigenvalue weighted by Crippen LogP contribution is -2.48. The minimum Gasteiger partial charge on any atom is -0.363 e. The summed E-state index contributed by atoms with van der Waals surface area (Å²) in [5.41, 5.74) is 0. The first kappa shape index (κ1) is 14.5. The molecule has 6 heteroatoms. The second kappa shape index (κ2) is 6.42. The molecule has 0 saturated carbocycles. The number of unbranched alkanes of at least 4 members (excludes halogenated alkanes) is 1. The van der Waals surface area contributed by atoms with Gasteiger partial charge >= 0.3 is 6.18 Å². The van der Waals surface area contributed by atoms with Crippen molar-refractivity contribution in [1.29, 1.82) is 0 Å². The number of likely N-dealkylation sites (tertiary alicyclic amines) is 1. The first-order valence-corrected chi connectivity index (χ1v) is 6.45. The second-order valence-electron chi connectivity index (χ2n) is 4.41. The second-order valence-corrected chi connectivity index (χ2v) is 4.80. The van der Waals surface area contributed by atoms with Gasteiger partial charge in [0.25, 0.3) is 0 Å². The molecule has 1 saturated heterocycles. The molecule has 1 fully saturated rings. The van der Waals surface area contributed by atoms with Crippen LogP contribution in [0.2, 0.25) is 0 Å². The molecule has 0 bridgehead atoms. The van der Waals surface area contributed by atoms with Crippen molar-refractivity contribution in [3.8, 4) is 0 Å². The molecule has 0 aromatic rings. The van der Waals surface area contributed by atoms with E-state index in [1.54, 1.807) is 4.90 Å². The largest absolute Gasteiger partial charge is 0.393 e. The lowest BCUT2D eigenvalue weighted by Gasteiger charge is -2.35. The van der Waals surface area contributed by atoms with Gasteiger partial charge < -0.3 is 10.2 Å². The van der Waals surface area contributed by atoms with Crippen LogP contribution >= 0.6 is 12.2 Å². The zero-order valence-electron chi connectivity index (χ0n) is 10.0. The van der Waals surface area contributed by atoms with Crippen LogP contribution in [-0.2, 0) is 0 Å². The van der Waals surface area contributed by atoms with E-state index in [2.05, 4.69) is 12.2 Å². The Balaban J connectivity index is 2.41. The Kier molecular flexibility index (Phi) is 5.49. The average Bonchev–Trinajstić information content (AvgIpc) is 2.28. The van der Waals surface area contributed by atoms with Gasteiger partial charge in [0.05, 0.1) is 5.92 Å². The summed E-state index contributed by atoms with van der Waals surface area (Å²) in [6.07, 6.45) is -1.30. The van der Waals surface area contributed by atoms with Gasteiger partial charge in [-0.2, -0.15) is 13.2 Å². The van der Waals surface area contributed by atoms with E-state index in [9.17, 15) is 13.2 Å². The average molecular weight is 268 g/mol. The lowest BCUT2D eigenvalue weighted by molar-refractivity contribution is -0.183. The van der Waals surface area contributed by atoms with Crippen molar-refractivity contribution in [1.82, 2.24) is 10.2 Å². The van der Waals surface area contributed by atoms with Crippen LogP contribution in [0, 0.1) is 5.92 Å². The molecule has 1 rings (SSSR count). The van der Waals surface area contributed by atoms with Gasteiger partial charge in [0, 0.05) is 19.6 Å². The van der Waals surface area contributed by atoms with Crippen molar-refractivity contribution in [2.24, 2.45) is 5.92 Å². The molecule has 100 valence electrons. The quantitative estimate of drug-likeness (QED) is 0.626. The molecule has 1 N–H and O–H groups in total. The van der Waals surface area contributed by atoms with Crippen LogP contribution in [0.3, 0.4) is 0 Å². The lowest BCUT2D eigenvalue weighted by atomic mass is 9.98. The number of piperidine rings is 1. The Labute approximate surface area is 106 Å². The molecule has 2 nitrogen and oxygen atoms in total. The van der Waals surface area contributed by atoms with E-state index < -0.39 is 12.1 Å². The van der Waals surface area contributed by atoms with Gasteiger partial charge in [0.15, 0.2) is 5.11 Å². The van der Waals surface area contributed by atoms with Gasteiger partial charge in [-0.05, 0) is 31.5 Å². The Morgan fingerprint density at radius 2 is 2.18 bits per heavy atom. The highest BCUT2D eigenvalue weighted by molar-refractivity contribution is 7.80. The number of thiocarbonyl (C=S) groups is 1. The number of rotatable bonds is 3. The van der Waals surface area contributed by atoms with E-state index >= 15 is 0 Å². The molecule has 0 spiro atoms. The zero-order valence-corrected chi connectivity index (χ0v) is 10.8. The number of halogens is 3. The summed E-state index contributed by atoms with van der Waals surface area (Å²) < 4.78 is 37.8. The van der Waals surface area contributed by atoms with Crippen molar-refractivity contribution < 1.29 is 13.2 Å². The molecule has 0 aromatic heterocycles. The molecule has 1 aliphatic heterocycles. The molecule has 1 unspecified atom stereocenters. The minimum absolute atomic E-state index is 0.00145. The highest BCUT2D eigenvalue weighted by Gasteiger charge is 2.42. The molecule has 0 aromatic carbocycles. The van der Waals surface area contributed by atoms with Crippen LogP contribution < -0.4 is 5.32 Å². The fourth-order valence-electron chi connectivity index (χ4n) is 1.91. The van der Waals surface area contributed by atoms with Crippen molar-refractivity contribution in [3.05, 3.63) is 0 Å². The van der Waals surface area contributed by atoms with Crippen molar-refractivity contribution in [3.63, 3.8) is 0 Å². The summed E-state index contributed by atoms with van der Waals surface area (Å²) in [7, 11) is 0. The Hall–Kier alpha value is -0.520.